The smallest absolute Gasteiger partial charge is 0.0524 e. The lowest BCUT2D eigenvalue weighted by atomic mass is 9.38. The van der Waals surface area contributed by atoms with Gasteiger partial charge in [0.1, 0.15) is 0 Å². The summed E-state index contributed by atoms with van der Waals surface area (Å²) in [6, 6.07) is 0. The second-order valence-corrected chi connectivity index (χ2v) is 4.16. The molecule has 3 N–H and O–H groups in total. The number of nitrogens with one attached hydrogen (secondary N) is 1. The minimum absolute atomic E-state index is 0. The van der Waals surface area contributed by atoms with E-state index in [1.807, 2.05) is 12.4 Å². The quantitative estimate of drug-likeness (QED) is 0.754. The van der Waals surface area contributed by atoms with E-state index in [1.165, 1.54) is 24.8 Å². The fourth-order valence-electron chi connectivity index (χ4n) is 2.71. The molecule has 1 aromatic rings. The third-order valence-electron chi connectivity index (χ3n) is 3.18. The zero-order chi connectivity index (χ0) is 7.53. The lowest BCUT2D eigenvalue weighted by Crippen LogP contribution is -2.74. The number of halogens is 2. The summed E-state index contributed by atoms with van der Waals surface area (Å²) in [4.78, 5) is 0. The Morgan fingerprint density at radius 3 is 2.31 bits per heavy atom. The molecule has 1 heterocycles. The van der Waals surface area contributed by atoms with Crippen LogP contribution in [0.15, 0.2) is 12.4 Å². The molecular weight excluding hydrogens is 209 g/mol. The molecule has 74 valence electrons. The van der Waals surface area contributed by atoms with Crippen molar-refractivity contribution in [2.45, 2.75) is 30.2 Å². The van der Waals surface area contributed by atoms with Crippen LogP contribution in [0.3, 0.4) is 0 Å². The SMILES string of the molecule is Cl.Cl.NC12CC(c3cn[nH]c3)(C1)C2. The molecule has 0 atom stereocenters. The number of nitrogens with zero attached hydrogens (tertiary/aromatic N) is 1. The van der Waals surface area contributed by atoms with Gasteiger partial charge in [0.05, 0.1) is 6.20 Å². The van der Waals surface area contributed by atoms with Gasteiger partial charge in [0, 0.05) is 17.2 Å². The van der Waals surface area contributed by atoms with Gasteiger partial charge in [-0.3, -0.25) is 5.10 Å². The first-order valence-corrected chi connectivity index (χ1v) is 4.01. The van der Waals surface area contributed by atoms with Gasteiger partial charge in [-0.25, -0.2) is 0 Å². The standard InChI is InChI=1S/C8H11N3.2ClH/c9-8-3-7(4-8,5-8)6-1-10-11-2-6;;/h1-2H,3-5,9H2,(H,10,11);2*1H. The Kier molecular flexibility index (Phi) is 2.39. The third-order valence-corrected chi connectivity index (χ3v) is 3.18. The van der Waals surface area contributed by atoms with Gasteiger partial charge in [-0.15, -0.1) is 24.8 Å². The summed E-state index contributed by atoms with van der Waals surface area (Å²) in [7, 11) is 0. The molecule has 0 amide bonds. The third kappa shape index (κ3) is 1.18. The Bertz CT molecular complexity index is 277. The second kappa shape index (κ2) is 2.87. The van der Waals surface area contributed by atoms with E-state index < -0.39 is 0 Å². The van der Waals surface area contributed by atoms with Crippen molar-refractivity contribution in [3.05, 3.63) is 18.0 Å². The van der Waals surface area contributed by atoms with Crippen LogP contribution < -0.4 is 5.73 Å². The van der Waals surface area contributed by atoms with Crippen molar-refractivity contribution in [1.82, 2.24) is 10.2 Å². The summed E-state index contributed by atoms with van der Waals surface area (Å²) in [5.74, 6) is 0. The van der Waals surface area contributed by atoms with Crippen LogP contribution in [-0.4, -0.2) is 15.7 Å². The monoisotopic (exact) mass is 221 g/mol. The zero-order valence-corrected chi connectivity index (χ0v) is 8.75. The molecule has 3 fully saturated rings. The highest BCUT2D eigenvalue weighted by Crippen LogP contribution is 2.66. The van der Waals surface area contributed by atoms with Crippen LogP contribution >= 0.6 is 24.8 Å². The average Bonchev–Trinajstić information content (AvgIpc) is 2.28. The molecule has 2 bridgehead atoms. The summed E-state index contributed by atoms with van der Waals surface area (Å²) in [5.41, 5.74) is 7.94. The molecule has 5 heteroatoms. The number of H-pyrrole nitrogens is 1. The van der Waals surface area contributed by atoms with Crippen LogP contribution in [0.4, 0.5) is 0 Å². The van der Waals surface area contributed by atoms with Crippen LogP contribution in [0.2, 0.25) is 0 Å². The highest BCUT2D eigenvalue weighted by Gasteiger charge is 2.66. The van der Waals surface area contributed by atoms with E-state index in [9.17, 15) is 0 Å². The van der Waals surface area contributed by atoms with E-state index >= 15 is 0 Å². The van der Waals surface area contributed by atoms with Gasteiger partial charge in [-0.1, -0.05) is 0 Å². The maximum Gasteiger partial charge on any atom is 0.0524 e. The average molecular weight is 222 g/mol. The summed E-state index contributed by atoms with van der Waals surface area (Å²) in [5, 5.41) is 6.80. The minimum atomic E-state index is 0. The maximum atomic E-state index is 5.95. The van der Waals surface area contributed by atoms with Crippen molar-refractivity contribution in [3.8, 4) is 0 Å². The van der Waals surface area contributed by atoms with Crippen molar-refractivity contribution in [2.24, 2.45) is 5.73 Å². The molecule has 0 aromatic carbocycles. The van der Waals surface area contributed by atoms with Gasteiger partial charge in [-0.05, 0) is 24.8 Å². The first kappa shape index (κ1) is 10.8. The summed E-state index contributed by atoms with van der Waals surface area (Å²) < 4.78 is 0. The summed E-state index contributed by atoms with van der Waals surface area (Å²) in [6.07, 6.45) is 7.43. The highest BCUT2D eigenvalue weighted by molar-refractivity contribution is 5.85. The Labute approximate surface area is 89.3 Å². The lowest BCUT2D eigenvalue weighted by molar-refractivity contribution is -0.0589. The molecule has 3 aliphatic carbocycles. The van der Waals surface area contributed by atoms with Crippen molar-refractivity contribution in [2.75, 3.05) is 0 Å². The minimum Gasteiger partial charge on any atom is -0.325 e. The van der Waals surface area contributed by atoms with Crippen LogP contribution in [0.1, 0.15) is 24.8 Å². The fraction of sp³-hybridized carbons (Fsp3) is 0.625. The van der Waals surface area contributed by atoms with Gasteiger partial charge >= 0.3 is 0 Å². The molecule has 3 aliphatic rings. The number of rotatable bonds is 1. The van der Waals surface area contributed by atoms with E-state index in [-0.39, 0.29) is 30.4 Å². The molecule has 0 unspecified atom stereocenters. The maximum absolute atomic E-state index is 5.95. The van der Waals surface area contributed by atoms with Crippen molar-refractivity contribution in [1.29, 1.82) is 0 Å². The van der Waals surface area contributed by atoms with Crippen molar-refractivity contribution < 1.29 is 0 Å². The van der Waals surface area contributed by atoms with Gasteiger partial charge in [0.25, 0.3) is 0 Å². The van der Waals surface area contributed by atoms with Crippen LogP contribution in [0, 0.1) is 0 Å². The van der Waals surface area contributed by atoms with Gasteiger partial charge < -0.3 is 5.73 Å². The lowest BCUT2D eigenvalue weighted by Gasteiger charge is -2.69. The topological polar surface area (TPSA) is 54.7 Å². The largest absolute Gasteiger partial charge is 0.325 e. The predicted octanol–water partition coefficient (Wildman–Crippen LogP) is 1.39. The van der Waals surface area contributed by atoms with Crippen molar-refractivity contribution in [3.63, 3.8) is 0 Å². The molecule has 0 spiro atoms. The highest BCUT2D eigenvalue weighted by atomic mass is 35.5. The van der Waals surface area contributed by atoms with Gasteiger partial charge in [0.2, 0.25) is 0 Å². The molecule has 4 rings (SSSR count). The first-order chi connectivity index (χ1) is 5.23. The number of aromatic amines is 1. The Balaban J connectivity index is 0.000000422. The van der Waals surface area contributed by atoms with E-state index in [2.05, 4.69) is 10.2 Å². The molecule has 0 saturated heterocycles. The van der Waals surface area contributed by atoms with E-state index in [0.29, 0.717) is 5.41 Å². The second-order valence-electron chi connectivity index (χ2n) is 4.16. The van der Waals surface area contributed by atoms with Crippen LogP contribution in [0.25, 0.3) is 0 Å². The zero-order valence-electron chi connectivity index (χ0n) is 7.12. The van der Waals surface area contributed by atoms with E-state index in [1.54, 1.807) is 0 Å². The predicted molar refractivity (Wildman–Crippen MR) is 55.5 cm³/mol. The van der Waals surface area contributed by atoms with Gasteiger partial charge in [0.15, 0.2) is 0 Å². The van der Waals surface area contributed by atoms with Crippen LogP contribution in [-0.2, 0) is 5.41 Å². The Hall–Kier alpha value is -0.250. The first-order valence-electron chi connectivity index (χ1n) is 4.01. The molecule has 1 aromatic heterocycles. The Morgan fingerprint density at radius 1 is 1.31 bits per heavy atom. The van der Waals surface area contributed by atoms with Gasteiger partial charge in [-0.2, -0.15) is 5.10 Å². The van der Waals surface area contributed by atoms with E-state index in [4.69, 9.17) is 5.73 Å². The number of aromatic nitrogens is 2. The molecule has 0 radical (unpaired) electrons. The molecule has 3 saturated carbocycles. The fourth-order valence-corrected chi connectivity index (χ4v) is 2.71. The molecule has 0 aliphatic heterocycles. The molecule has 3 nitrogen and oxygen atoms in total. The normalized spacial score (nSPS) is 39.2. The van der Waals surface area contributed by atoms with Crippen molar-refractivity contribution >= 4 is 24.8 Å². The summed E-state index contributed by atoms with van der Waals surface area (Å²) in [6.45, 7) is 0. The van der Waals surface area contributed by atoms with E-state index in [0.717, 1.165) is 0 Å². The summed E-state index contributed by atoms with van der Waals surface area (Å²) >= 11 is 0. The number of hydrogen-bond donors (Lipinski definition) is 2. The van der Waals surface area contributed by atoms with Crippen LogP contribution in [0.5, 0.6) is 0 Å². The number of nitrogens with two attached hydrogens (primary N) is 1. The number of hydrogen-bond acceptors (Lipinski definition) is 2. The Morgan fingerprint density at radius 2 is 1.92 bits per heavy atom. The molecule has 13 heavy (non-hydrogen) atoms. The molecular formula is C8H13Cl2N3.